The number of rotatable bonds is 6. The van der Waals surface area contributed by atoms with Crippen molar-refractivity contribution in [1.82, 2.24) is 4.57 Å². The molecule has 10 atom stereocenters. The molecular weight excluding hydrogens is 805 g/mol. The topological polar surface area (TPSA) is 70.0 Å². The highest BCUT2D eigenvalue weighted by molar-refractivity contribution is 6.10. The van der Waals surface area contributed by atoms with Gasteiger partial charge in [0.25, 0.3) is 0 Å². The Kier molecular flexibility index (Phi) is 9.08. The predicted octanol–water partition coefficient (Wildman–Crippen LogP) is 13.1. The van der Waals surface area contributed by atoms with Crippen LogP contribution >= 0.6 is 0 Å². The molecule has 0 amide bonds. The van der Waals surface area contributed by atoms with E-state index >= 15 is 4.79 Å². The molecule has 0 saturated heterocycles. The second kappa shape index (κ2) is 15.1. The quantitative estimate of drug-likeness (QED) is 0.166. The Morgan fingerprint density at radius 1 is 0.554 bits per heavy atom. The number of hydrogen-bond acceptors (Lipinski definition) is 6. The maximum atomic E-state index is 15.2. The summed E-state index contributed by atoms with van der Waals surface area (Å²) in [7, 11) is 3.39. The number of fused-ring (bicyclic) bond motifs is 12. The minimum Gasteiger partial charge on any atom is -0.497 e. The Hall–Kier alpha value is -6.34. The molecule has 5 aliphatic carbocycles. The summed E-state index contributed by atoms with van der Waals surface area (Å²) in [6, 6.07) is 47.3. The maximum Gasteiger partial charge on any atom is 0.151 e. The first-order chi connectivity index (χ1) is 32.0. The van der Waals surface area contributed by atoms with Gasteiger partial charge in [-0.15, -0.1) is 0 Å². The SMILES string of the molecule is COc1ccc2c(c1)N(C1CCCC3C1C(=O)C1CCC4C(=O)C5CC(c6ccc7c(c6)c6cc(-c8ccccc8)ccc6n7-c6ccccc6)CCC5C4C13)c1cc(OC)ccc1O2. The lowest BCUT2D eigenvalue weighted by Gasteiger charge is -2.47. The number of ketones is 2. The van der Waals surface area contributed by atoms with Crippen LogP contribution in [0.4, 0.5) is 11.4 Å². The molecule has 5 fully saturated rings. The first kappa shape index (κ1) is 39.1. The number of carbonyl (C=O) groups excluding carboxylic acids is 2. The number of aromatic nitrogens is 1. The van der Waals surface area contributed by atoms with Crippen molar-refractivity contribution in [3.05, 3.63) is 139 Å². The minimum atomic E-state index is -0.105. The van der Waals surface area contributed by atoms with Crippen LogP contribution in [0.2, 0.25) is 0 Å². The van der Waals surface area contributed by atoms with Gasteiger partial charge in [0.2, 0.25) is 0 Å². The van der Waals surface area contributed by atoms with Crippen LogP contribution in [0.5, 0.6) is 23.0 Å². The van der Waals surface area contributed by atoms with Crippen LogP contribution in [0.3, 0.4) is 0 Å². The second-order valence-corrected chi connectivity index (χ2v) is 19.9. The van der Waals surface area contributed by atoms with Gasteiger partial charge in [-0.2, -0.15) is 0 Å². The highest BCUT2D eigenvalue weighted by Crippen LogP contribution is 2.65. The van der Waals surface area contributed by atoms with Crippen molar-refractivity contribution < 1.29 is 23.8 Å². The van der Waals surface area contributed by atoms with E-state index in [2.05, 4.69) is 119 Å². The van der Waals surface area contributed by atoms with E-state index in [0.717, 1.165) is 91.4 Å². The van der Waals surface area contributed by atoms with E-state index in [-0.39, 0.29) is 47.5 Å². The Bertz CT molecular complexity index is 2980. The number of anilines is 2. The van der Waals surface area contributed by atoms with E-state index in [1.807, 2.05) is 24.3 Å². The van der Waals surface area contributed by atoms with Crippen LogP contribution in [-0.2, 0) is 9.59 Å². The third-order valence-electron chi connectivity index (χ3n) is 17.2. The molecule has 0 N–H and O–H groups in total. The molecule has 6 aromatic carbocycles. The van der Waals surface area contributed by atoms with Gasteiger partial charge < -0.3 is 23.7 Å². The molecule has 0 spiro atoms. The molecule has 7 nitrogen and oxygen atoms in total. The van der Waals surface area contributed by atoms with Gasteiger partial charge in [0.1, 0.15) is 23.1 Å². The summed E-state index contributed by atoms with van der Waals surface area (Å²) < 4.78 is 20.4. The smallest absolute Gasteiger partial charge is 0.151 e. The lowest BCUT2D eigenvalue weighted by molar-refractivity contribution is -0.129. The Morgan fingerprint density at radius 3 is 1.91 bits per heavy atom. The number of ether oxygens (including phenoxy) is 3. The van der Waals surface area contributed by atoms with Crippen LogP contribution in [0.15, 0.2) is 133 Å². The van der Waals surface area contributed by atoms with E-state index in [0.29, 0.717) is 23.4 Å². The average molecular weight is 859 g/mol. The summed E-state index contributed by atoms with van der Waals surface area (Å²) in [6.45, 7) is 0. The van der Waals surface area contributed by atoms with E-state index in [9.17, 15) is 4.79 Å². The molecule has 326 valence electrons. The van der Waals surface area contributed by atoms with Crippen molar-refractivity contribution >= 4 is 44.7 Å². The molecule has 5 saturated carbocycles. The molecule has 0 bridgehead atoms. The molecule has 2 heterocycles. The Morgan fingerprint density at radius 2 is 1.20 bits per heavy atom. The number of Topliss-reactive ketones (excluding diaryl/α,β-unsaturated/α-hetero) is 2. The standard InChI is InChI=1S/C58H54N2O5/c1-63-38-19-26-52-50(31-38)60(51-32-39(64-2)20-27-53(51)65-52)49-15-9-14-41-55-43(58(62)56(41)49)23-22-42-54(55)40-21-16-35(30-46(40)57(42)61)36-18-25-48-45(29-36)44-28-34(33-10-5-3-6-11-33)17-24-47(44)59(48)37-12-7-4-8-13-37/h3-8,10-13,17-20,24-29,31-32,35,40-43,46,49,54-56H,9,14-16,21-23,30H2,1-2H3. The van der Waals surface area contributed by atoms with Crippen molar-refractivity contribution in [2.45, 2.75) is 63.3 Å². The molecular formula is C58H54N2O5. The third-order valence-corrected chi connectivity index (χ3v) is 17.2. The largest absolute Gasteiger partial charge is 0.497 e. The zero-order valence-corrected chi connectivity index (χ0v) is 37.1. The van der Waals surface area contributed by atoms with Crippen molar-refractivity contribution in [1.29, 1.82) is 0 Å². The van der Waals surface area contributed by atoms with Crippen LogP contribution in [0.1, 0.15) is 62.8 Å². The molecule has 1 aliphatic heterocycles. The number of hydrogen-bond donors (Lipinski definition) is 0. The zero-order chi connectivity index (χ0) is 43.5. The van der Waals surface area contributed by atoms with Crippen LogP contribution in [-0.4, -0.2) is 36.4 Å². The first-order valence-electron chi connectivity index (χ1n) is 24.1. The lowest BCUT2D eigenvalue weighted by Crippen LogP contribution is -2.46. The number of benzene rings is 6. The van der Waals surface area contributed by atoms with Crippen LogP contribution in [0, 0.1) is 47.3 Å². The van der Waals surface area contributed by atoms with Gasteiger partial charge in [-0.05, 0) is 152 Å². The monoisotopic (exact) mass is 858 g/mol. The second-order valence-electron chi connectivity index (χ2n) is 19.9. The molecule has 1 aromatic heterocycles. The van der Waals surface area contributed by atoms with E-state index in [1.54, 1.807) is 14.2 Å². The first-order valence-corrected chi connectivity index (χ1v) is 24.1. The van der Waals surface area contributed by atoms with Gasteiger partial charge in [-0.3, -0.25) is 9.59 Å². The summed E-state index contributed by atoms with van der Waals surface area (Å²) >= 11 is 0. The fourth-order valence-electron chi connectivity index (χ4n) is 14.6. The van der Waals surface area contributed by atoms with Crippen molar-refractivity contribution in [3.8, 4) is 39.8 Å². The third kappa shape index (κ3) is 5.92. The van der Waals surface area contributed by atoms with Gasteiger partial charge >= 0.3 is 0 Å². The fourth-order valence-corrected chi connectivity index (χ4v) is 14.6. The highest BCUT2D eigenvalue weighted by Gasteiger charge is 2.65. The van der Waals surface area contributed by atoms with Crippen LogP contribution in [0.25, 0.3) is 38.6 Å². The summed E-state index contributed by atoms with van der Waals surface area (Å²) in [4.78, 5) is 32.4. The zero-order valence-electron chi connectivity index (χ0n) is 37.1. The molecule has 7 heteroatoms. The summed E-state index contributed by atoms with van der Waals surface area (Å²) in [5, 5.41) is 2.52. The summed E-state index contributed by atoms with van der Waals surface area (Å²) in [5.41, 5.74) is 9.21. The van der Waals surface area contributed by atoms with Gasteiger partial charge in [-0.1, -0.05) is 67.1 Å². The normalized spacial score (nSPS) is 28.7. The van der Waals surface area contributed by atoms with E-state index < -0.39 is 0 Å². The fraction of sp³-hybridized carbons (Fsp3) is 0.345. The van der Waals surface area contributed by atoms with Crippen molar-refractivity contribution in [2.24, 2.45) is 47.3 Å². The maximum absolute atomic E-state index is 15.2. The number of para-hydroxylation sites is 1. The lowest BCUT2D eigenvalue weighted by atomic mass is 9.60. The van der Waals surface area contributed by atoms with Gasteiger partial charge in [0.15, 0.2) is 11.5 Å². The van der Waals surface area contributed by atoms with Gasteiger partial charge in [0, 0.05) is 58.3 Å². The molecule has 6 aliphatic rings. The molecule has 10 unspecified atom stereocenters. The minimum absolute atomic E-state index is 0.0249. The number of nitrogens with zero attached hydrogens (tertiary/aromatic N) is 2. The Balaban J connectivity index is 0.827. The molecule has 7 aromatic rings. The molecule has 0 radical (unpaired) electrons. The molecule has 65 heavy (non-hydrogen) atoms. The van der Waals surface area contributed by atoms with Crippen molar-refractivity contribution in [2.75, 3.05) is 19.1 Å². The van der Waals surface area contributed by atoms with Crippen LogP contribution < -0.4 is 19.1 Å². The summed E-state index contributed by atoms with van der Waals surface area (Å²) in [5.74, 6) is 5.51. The molecule has 13 rings (SSSR count). The van der Waals surface area contributed by atoms with Gasteiger partial charge in [-0.25, -0.2) is 0 Å². The van der Waals surface area contributed by atoms with E-state index in [1.165, 1.54) is 38.5 Å². The van der Waals surface area contributed by atoms with Crippen molar-refractivity contribution in [3.63, 3.8) is 0 Å². The number of methoxy groups -OCH3 is 2. The van der Waals surface area contributed by atoms with Gasteiger partial charge in [0.05, 0.1) is 36.6 Å². The predicted molar refractivity (Wildman–Crippen MR) is 256 cm³/mol. The van der Waals surface area contributed by atoms with E-state index in [4.69, 9.17) is 14.2 Å². The highest BCUT2D eigenvalue weighted by atomic mass is 16.5. The average Bonchev–Trinajstić information content (AvgIpc) is 3.96. The number of carbonyl (C=O) groups is 2. The summed E-state index contributed by atoms with van der Waals surface area (Å²) in [6.07, 6.45) is 7.73. The Labute approximate surface area is 380 Å².